The highest BCUT2D eigenvalue weighted by Crippen LogP contribution is 2.37. The van der Waals surface area contributed by atoms with Gasteiger partial charge in [-0.05, 0) is 48.5 Å². The first kappa shape index (κ1) is 25.7. The van der Waals surface area contributed by atoms with E-state index < -0.39 is 11.9 Å². The number of esters is 1. The van der Waals surface area contributed by atoms with Crippen LogP contribution in [0.25, 0.3) is 22.0 Å². The van der Waals surface area contributed by atoms with Crippen molar-refractivity contribution >= 4 is 68.1 Å². The van der Waals surface area contributed by atoms with E-state index in [2.05, 4.69) is 31.4 Å². The molecule has 188 valence electrons. The van der Waals surface area contributed by atoms with Crippen molar-refractivity contribution in [3.63, 3.8) is 0 Å². The lowest BCUT2D eigenvalue weighted by molar-refractivity contribution is 0.0734. The number of nitrogens with one attached hydrogen (secondary N) is 2. The number of nitrogens with zero attached hydrogens (tertiary/aromatic N) is 1. The number of hydrazone groups is 1. The second-order valence-electron chi connectivity index (χ2n) is 8.15. The van der Waals surface area contributed by atoms with Crippen LogP contribution >= 0.6 is 39.1 Å². The lowest BCUT2D eigenvalue weighted by Gasteiger charge is -2.08. The molecule has 1 aromatic heterocycles. The highest BCUT2D eigenvalue weighted by Gasteiger charge is 2.21. The van der Waals surface area contributed by atoms with Gasteiger partial charge in [0.2, 0.25) is 0 Å². The first-order valence-corrected chi connectivity index (χ1v) is 12.9. The molecule has 38 heavy (non-hydrogen) atoms. The van der Waals surface area contributed by atoms with Gasteiger partial charge in [-0.3, -0.25) is 4.79 Å². The number of para-hydroxylation sites is 1. The predicted molar refractivity (Wildman–Crippen MR) is 154 cm³/mol. The first-order chi connectivity index (χ1) is 18.4. The van der Waals surface area contributed by atoms with Crippen LogP contribution in [0.15, 0.2) is 101 Å². The first-order valence-electron chi connectivity index (χ1n) is 11.4. The molecule has 5 rings (SSSR count). The van der Waals surface area contributed by atoms with Crippen LogP contribution in [0.4, 0.5) is 0 Å². The van der Waals surface area contributed by atoms with Crippen molar-refractivity contribution in [2.45, 2.75) is 0 Å². The molecule has 0 unspecified atom stereocenters. The minimum absolute atomic E-state index is 0.242. The van der Waals surface area contributed by atoms with Gasteiger partial charge in [-0.25, -0.2) is 10.2 Å². The van der Waals surface area contributed by atoms with Crippen LogP contribution in [0.3, 0.4) is 0 Å². The summed E-state index contributed by atoms with van der Waals surface area (Å²) in [5.41, 5.74) is 5.74. The molecule has 5 aromatic rings. The minimum Gasteiger partial charge on any atom is -0.422 e. The number of H-pyrrole nitrogens is 1. The fourth-order valence-electron chi connectivity index (χ4n) is 3.96. The van der Waals surface area contributed by atoms with E-state index in [4.69, 9.17) is 27.9 Å². The smallest absolute Gasteiger partial charge is 0.345 e. The summed E-state index contributed by atoms with van der Waals surface area (Å²) >= 11 is 16.1. The van der Waals surface area contributed by atoms with Gasteiger partial charge < -0.3 is 9.72 Å². The van der Waals surface area contributed by atoms with Crippen molar-refractivity contribution in [1.29, 1.82) is 0 Å². The number of benzene rings is 4. The fraction of sp³-hybridized carbons (Fsp3) is 0. The van der Waals surface area contributed by atoms with Crippen molar-refractivity contribution in [2.75, 3.05) is 0 Å². The van der Waals surface area contributed by atoms with Gasteiger partial charge in [0.05, 0.1) is 16.8 Å². The van der Waals surface area contributed by atoms with E-state index in [1.807, 2.05) is 36.4 Å². The van der Waals surface area contributed by atoms with Crippen LogP contribution in [-0.4, -0.2) is 23.1 Å². The Morgan fingerprint density at radius 1 is 0.895 bits per heavy atom. The van der Waals surface area contributed by atoms with Gasteiger partial charge in [-0.1, -0.05) is 81.6 Å². The third kappa shape index (κ3) is 5.36. The van der Waals surface area contributed by atoms with Crippen molar-refractivity contribution in [1.82, 2.24) is 10.4 Å². The number of aromatic amines is 1. The predicted octanol–water partition coefficient (Wildman–Crippen LogP) is 7.89. The van der Waals surface area contributed by atoms with E-state index in [0.717, 1.165) is 15.4 Å². The van der Waals surface area contributed by atoms with Crippen LogP contribution in [0, 0.1) is 0 Å². The number of ether oxygens (including phenoxy) is 1. The molecule has 1 heterocycles. The van der Waals surface area contributed by atoms with E-state index in [9.17, 15) is 9.59 Å². The van der Waals surface area contributed by atoms with Gasteiger partial charge in [0.15, 0.2) is 0 Å². The molecule has 0 bridgehead atoms. The third-order valence-electron chi connectivity index (χ3n) is 5.72. The molecule has 4 aromatic carbocycles. The summed E-state index contributed by atoms with van der Waals surface area (Å²) in [4.78, 5) is 29.1. The molecule has 0 fully saturated rings. The summed E-state index contributed by atoms with van der Waals surface area (Å²) in [6.07, 6.45) is 1.40. The minimum atomic E-state index is -0.603. The van der Waals surface area contributed by atoms with Crippen molar-refractivity contribution in [3.05, 3.63) is 122 Å². The molecule has 9 heteroatoms. The van der Waals surface area contributed by atoms with Crippen LogP contribution in [0.1, 0.15) is 26.4 Å². The highest BCUT2D eigenvalue weighted by molar-refractivity contribution is 9.10. The van der Waals surface area contributed by atoms with Crippen molar-refractivity contribution in [3.8, 4) is 16.9 Å². The van der Waals surface area contributed by atoms with Crippen LogP contribution in [0.2, 0.25) is 10.0 Å². The maximum Gasteiger partial charge on any atom is 0.345 e. The molecule has 0 aliphatic rings. The van der Waals surface area contributed by atoms with Gasteiger partial charge in [0.25, 0.3) is 5.91 Å². The summed E-state index contributed by atoms with van der Waals surface area (Å²) in [5, 5.41) is 5.75. The topological polar surface area (TPSA) is 83.5 Å². The van der Waals surface area contributed by atoms with E-state index in [1.165, 1.54) is 6.21 Å². The quantitative estimate of drug-likeness (QED) is 0.0892. The molecule has 0 aliphatic carbocycles. The fourth-order valence-corrected chi connectivity index (χ4v) is 4.76. The summed E-state index contributed by atoms with van der Waals surface area (Å²) in [7, 11) is 0. The number of carbonyl (C=O) groups excluding carboxylic acids is 2. The number of fused-ring (bicyclic) bond motifs is 1. The Hall–Kier alpha value is -3.91. The number of hydrogen-bond donors (Lipinski definition) is 2. The lowest BCUT2D eigenvalue weighted by atomic mass is 10.0. The maximum atomic E-state index is 13.3. The summed E-state index contributed by atoms with van der Waals surface area (Å²) < 4.78 is 6.41. The monoisotopic (exact) mass is 605 g/mol. The van der Waals surface area contributed by atoms with Gasteiger partial charge >= 0.3 is 5.97 Å². The molecular weight excluding hydrogens is 589 g/mol. The lowest BCUT2D eigenvalue weighted by Crippen LogP contribution is -2.19. The number of halogens is 3. The summed E-state index contributed by atoms with van der Waals surface area (Å²) in [6, 6.07) is 26.5. The van der Waals surface area contributed by atoms with Gasteiger partial charge in [-0.2, -0.15) is 5.10 Å². The normalized spacial score (nSPS) is 11.1. The standard InChI is InChI=1S/C29H18BrCl2N3O3/c30-18-13-14-24-21(15-18)26(19-8-2-4-10-22(19)31)27(34-24)28(36)35-33-16-17-7-1-6-12-25(17)38-29(37)20-9-3-5-11-23(20)32/h1-16,34H,(H,35,36). The zero-order chi connectivity index (χ0) is 26.6. The van der Waals surface area contributed by atoms with Gasteiger partial charge in [-0.15, -0.1) is 0 Å². The number of carbonyl (C=O) groups is 2. The Morgan fingerprint density at radius 3 is 2.39 bits per heavy atom. The van der Waals surface area contributed by atoms with E-state index in [-0.39, 0.29) is 16.3 Å². The second kappa shape index (κ2) is 11.2. The van der Waals surface area contributed by atoms with Crippen molar-refractivity contribution < 1.29 is 14.3 Å². The number of rotatable bonds is 6. The summed E-state index contributed by atoms with van der Waals surface area (Å²) in [5.74, 6) is -0.800. The largest absolute Gasteiger partial charge is 0.422 e. The molecule has 6 nitrogen and oxygen atoms in total. The molecule has 2 N–H and O–H groups in total. The Morgan fingerprint density at radius 2 is 1.61 bits per heavy atom. The maximum absolute atomic E-state index is 13.3. The molecule has 0 saturated heterocycles. The average Bonchev–Trinajstić information content (AvgIpc) is 3.28. The molecule has 1 amide bonds. The Kier molecular flexibility index (Phi) is 7.60. The molecule has 0 aliphatic heterocycles. The third-order valence-corrected chi connectivity index (χ3v) is 6.87. The van der Waals surface area contributed by atoms with Crippen LogP contribution < -0.4 is 10.2 Å². The zero-order valence-electron chi connectivity index (χ0n) is 19.5. The average molecular weight is 607 g/mol. The van der Waals surface area contributed by atoms with Crippen LogP contribution in [0.5, 0.6) is 5.75 Å². The molecule has 0 atom stereocenters. The summed E-state index contributed by atoms with van der Waals surface area (Å²) in [6.45, 7) is 0. The zero-order valence-corrected chi connectivity index (χ0v) is 22.6. The van der Waals surface area contributed by atoms with Crippen molar-refractivity contribution in [2.24, 2.45) is 5.10 Å². The van der Waals surface area contributed by atoms with Crippen LogP contribution in [-0.2, 0) is 0 Å². The molecular formula is C29H18BrCl2N3O3. The Bertz CT molecular complexity index is 1710. The number of hydrogen-bond acceptors (Lipinski definition) is 4. The SMILES string of the molecule is O=C(Oc1ccccc1C=NNC(=O)c1[nH]c2ccc(Br)cc2c1-c1ccccc1Cl)c1ccccc1Cl. The van der Waals surface area contributed by atoms with Gasteiger partial charge in [0.1, 0.15) is 11.4 Å². The molecule has 0 saturated carbocycles. The van der Waals surface area contributed by atoms with E-state index in [0.29, 0.717) is 27.4 Å². The Balaban J connectivity index is 1.42. The second-order valence-corrected chi connectivity index (χ2v) is 9.88. The van der Waals surface area contributed by atoms with Gasteiger partial charge in [0, 0.05) is 37.1 Å². The van der Waals surface area contributed by atoms with E-state index >= 15 is 0 Å². The Labute approximate surface area is 236 Å². The highest BCUT2D eigenvalue weighted by atomic mass is 79.9. The number of aromatic nitrogens is 1. The van der Waals surface area contributed by atoms with E-state index in [1.54, 1.807) is 54.6 Å². The molecule has 0 radical (unpaired) electrons. The number of amides is 1. The molecule has 0 spiro atoms.